The van der Waals surface area contributed by atoms with Gasteiger partial charge in [0.05, 0.1) is 17.7 Å². The number of nitrogens with one attached hydrogen (secondary N) is 1. The van der Waals surface area contributed by atoms with Crippen molar-refractivity contribution in [2.24, 2.45) is 0 Å². The molecule has 0 aliphatic heterocycles. The maximum Gasteiger partial charge on any atom is 0.268 e. The second-order valence-electron chi connectivity index (χ2n) is 8.34. The zero-order valence-corrected chi connectivity index (χ0v) is 20.4. The molecule has 4 rings (SSSR count). The minimum atomic E-state index is -0.400. The number of halogens is 1. The molecule has 7 nitrogen and oxygen atoms in total. The molecule has 0 radical (unpaired) electrons. The second kappa shape index (κ2) is 10.3. The van der Waals surface area contributed by atoms with E-state index in [4.69, 9.17) is 0 Å². The van der Waals surface area contributed by atoms with Gasteiger partial charge < -0.3 is 5.32 Å². The van der Waals surface area contributed by atoms with Crippen molar-refractivity contribution in [3.05, 3.63) is 69.0 Å². The van der Waals surface area contributed by atoms with Crippen LogP contribution >= 0.6 is 11.3 Å². The van der Waals surface area contributed by atoms with E-state index >= 15 is 0 Å². The van der Waals surface area contributed by atoms with E-state index in [9.17, 15) is 14.0 Å². The number of carbonyl (C=O) groups excluding carboxylic acids is 1. The van der Waals surface area contributed by atoms with Crippen molar-refractivity contribution in [3.8, 4) is 16.9 Å². The van der Waals surface area contributed by atoms with Gasteiger partial charge in [0.25, 0.3) is 5.56 Å². The maximum absolute atomic E-state index is 14.3. The minimum Gasteiger partial charge on any atom is -0.356 e. The van der Waals surface area contributed by atoms with Gasteiger partial charge in [-0.15, -0.1) is 11.3 Å². The highest BCUT2D eigenvalue weighted by Gasteiger charge is 2.20. The molecule has 178 valence electrons. The Balaban J connectivity index is 1.65. The topological polar surface area (TPSA) is 81.3 Å². The summed E-state index contributed by atoms with van der Waals surface area (Å²) < 4.78 is 17.3. The van der Waals surface area contributed by atoms with Crippen LogP contribution in [0.15, 0.2) is 40.5 Å². The molecule has 0 unspecified atom stereocenters. The molecule has 1 amide bonds. The van der Waals surface area contributed by atoms with Crippen molar-refractivity contribution in [1.82, 2.24) is 24.5 Å². The minimum absolute atomic E-state index is 0.0978. The van der Waals surface area contributed by atoms with E-state index in [1.807, 2.05) is 6.92 Å². The first-order valence-corrected chi connectivity index (χ1v) is 12.4. The normalized spacial score (nSPS) is 11.3. The lowest BCUT2D eigenvalue weighted by Gasteiger charge is -2.07. The van der Waals surface area contributed by atoms with E-state index in [2.05, 4.69) is 22.3 Å². The first kappa shape index (κ1) is 23.8. The summed E-state index contributed by atoms with van der Waals surface area (Å²) in [6.45, 7) is 6.35. The zero-order valence-electron chi connectivity index (χ0n) is 19.6. The molecule has 0 saturated heterocycles. The van der Waals surface area contributed by atoms with Crippen molar-refractivity contribution in [2.75, 3.05) is 6.54 Å². The smallest absolute Gasteiger partial charge is 0.268 e. The van der Waals surface area contributed by atoms with Gasteiger partial charge in [0.15, 0.2) is 4.96 Å². The van der Waals surface area contributed by atoms with Gasteiger partial charge in [0, 0.05) is 23.3 Å². The van der Waals surface area contributed by atoms with Crippen LogP contribution in [0.5, 0.6) is 0 Å². The Morgan fingerprint density at radius 2 is 1.97 bits per heavy atom. The number of aryl methyl sites for hydroxylation is 2. The standard InChI is InChI=1S/C25H28FN5O2S/c1-4-5-6-9-12-27-22(32)14-18-15-34-25-28-17(3)23(24(33)30(18)25)20-13-16(2)31(29-20)21-11-8-7-10-19(21)26/h7-8,10-11,13,15H,4-6,9,12,14H2,1-3H3,(H,27,32). The molecule has 0 atom stereocenters. The van der Waals surface area contributed by atoms with Gasteiger partial charge >= 0.3 is 0 Å². The average Bonchev–Trinajstić information content (AvgIpc) is 3.37. The summed E-state index contributed by atoms with van der Waals surface area (Å²) in [4.78, 5) is 31.1. The van der Waals surface area contributed by atoms with E-state index < -0.39 is 5.82 Å². The molecule has 3 heterocycles. The third-order valence-electron chi connectivity index (χ3n) is 5.74. The molecule has 0 bridgehead atoms. The highest BCUT2D eigenvalue weighted by atomic mass is 32.1. The lowest BCUT2D eigenvalue weighted by Crippen LogP contribution is -2.28. The number of aromatic nitrogens is 4. The van der Waals surface area contributed by atoms with Gasteiger partial charge in [-0.05, 0) is 38.5 Å². The van der Waals surface area contributed by atoms with Gasteiger partial charge in [-0.3, -0.25) is 14.0 Å². The summed E-state index contributed by atoms with van der Waals surface area (Å²) in [5.74, 6) is -0.520. The van der Waals surface area contributed by atoms with E-state index in [1.54, 1.807) is 36.6 Å². The van der Waals surface area contributed by atoms with Crippen LogP contribution in [0.4, 0.5) is 4.39 Å². The molecule has 0 aliphatic carbocycles. The number of hydrogen-bond acceptors (Lipinski definition) is 5. The number of amides is 1. The number of nitrogens with zero attached hydrogens (tertiary/aromatic N) is 4. The third kappa shape index (κ3) is 4.79. The second-order valence-corrected chi connectivity index (χ2v) is 9.18. The Morgan fingerprint density at radius 1 is 1.18 bits per heavy atom. The summed E-state index contributed by atoms with van der Waals surface area (Å²) >= 11 is 1.33. The monoisotopic (exact) mass is 481 g/mol. The molecule has 1 aromatic carbocycles. The zero-order chi connectivity index (χ0) is 24.2. The van der Waals surface area contributed by atoms with Gasteiger partial charge in [0.2, 0.25) is 5.91 Å². The molecule has 0 aliphatic rings. The van der Waals surface area contributed by atoms with Crippen LogP contribution in [-0.2, 0) is 11.2 Å². The lowest BCUT2D eigenvalue weighted by molar-refractivity contribution is -0.120. The van der Waals surface area contributed by atoms with Crippen LogP contribution in [0.1, 0.15) is 49.7 Å². The number of unbranched alkanes of at least 4 members (excludes halogenated alkanes) is 3. The molecule has 4 aromatic rings. The van der Waals surface area contributed by atoms with Crippen LogP contribution in [0.2, 0.25) is 0 Å². The Bertz CT molecular complexity index is 1390. The van der Waals surface area contributed by atoms with E-state index in [0.717, 1.165) is 25.7 Å². The number of fused-ring (bicyclic) bond motifs is 1. The fourth-order valence-corrected chi connectivity index (χ4v) is 4.92. The highest BCUT2D eigenvalue weighted by molar-refractivity contribution is 7.15. The lowest BCUT2D eigenvalue weighted by atomic mass is 10.1. The van der Waals surface area contributed by atoms with E-state index in [1.165, 1.54) is 26.5 Å². The molecule has 0 spiro atoms. The molecule has 9 heteroatoms. The van der Waals surface area contributed by atoms with Crippen molar-refractivity contribution >= 4 is 22.2 Å². The number of hydrogen-bond donors (Lipinski definition) is 1. The molecule has 34 heavy (non-hydrogen) atoms. The molecule has 0 saturated carbocycles. The largest absolute Gasteiger partial charge is 0.356 e. The van der Waals surface area contributed by atoms with Gasteiger partial charge in [-0.1, -0.05) is 38.3 Å². The first-order chi connectivity index (χ1) is 16.4. The van der Waals surface area contributed by atoms with Crippen LogP contribution in [-0.4, -0.2) is 31.6 Å². The van der Waals surface area contributed by atoms with E-state index in [0.29, 0.717) is 45.5 Å². The Kier molecular flexibility index (Phi) is 7.21. The molecule has 3 aromatic heterocycles. The number of rotatable bonds is 9. The number of carbonyl (C=O) groups is 1. The molecular weight excluding hydrogens is 453 g/mol. The summed E-state index contributed by atoms with van der Waals surface area (Å²) in [6.07, 6.45) is 4.42. The number of benzene rings is 1. The Labute approximate surface area is 201 Å². The van der Waals surface area contributed by atoms with Gasteiger partial charge in [0.1, 0.15) is 17.2 Å². The Morgan fingerprint density at radius 3 is 2.74 bits per heavy atom. The van der Waals surface area contributed by atoms with Crippen molar-refractivity contribution in [2.45, 2.75) is 52.9 Å². The maximum atomic E-state index is 14.3. The first-order valence-electron chi connectivity index (χ1n) is 11.5. The van der Waals surface area contributed by atoms with Crippen LogP contribution in [0.25, 0.3) is 21.9 Å². The quantitative estimate of drug-likeness (QED) is 0.354. The predicted octanol–water partition coefficient (Wildman–Crippen LogP) is 4.60. The molecular formula is C25H28FN5O2S. The summed E-state index contributed by atoms with van der Waals surface area (Å²) in [7, 11) is 0. The van der Waals surface area contributed by atoms with Crippen molar-refractivity contribution in [1.29, 1.82) is 0 Å². The average molecular weight is 482 g/mol. The van der Waals surface area contributed by atoms with Crippen molar-refractivity contribution < 1.29 is 9.18 Å². The van der Waals surface area contributed by atoms with Crippen LogP contribution in [0, 0.1) is 19.7 Å². The number of para-hydroxylation sites is 1. The predicted molar refractivity (Wildman–Crippen MR) is 132 cm³/mol. The molecule has 0 fully saturated rings. The SMILES string of the molecule is CCCCCCNC(=O)Cc1csc2nc(C)c(-c3cc(C)n(-c4ccccc4F)n3)c(=O)n12. The van der Waals surface area contributed by atoms with Crippen LogP contribution in [0.3, 0.4) is 0 Å². The summed E-state index contributed by atoms with van der Waals surface area (Å²) in [6, 6.07) is 8.11. The Hall–Kier alpha value is -3.33. The van der Waals surface area contributed by atoms with E-state index in [-0.39, 0.29) is 17.9 Å². The summed E-state index contributed by atoms with van der Waals surface area (Å²) in [5.41, 5.74) is 2.61. The van der Waals surface area contributed by atoms with Crippen LogP contribution < -0.4 is 10.9 Å². The summed E-state index contributed by atoms with van der Waals surface area (Å²) in [5, 5.41) is 9.26. The number of thiazole rings is 1. The van der Waals surface area contributed by atoms with Gasteiger partial charge in [-0.25, -0.2) is 14.1 Å². The fraction of sp³-hybridized carbons (Fsp3) is 0.360. The fourth-order valence-electron chi connectivity index (χ4n) is 3.99. The van der Waals surface area contributed by atoms with Gasteiger partial charge in [-0.2, -0.15) is 5.10 Å². The highest BCUT2D eigenvalue weighted by Crippen LogP contribution is 2.24. The van der Waals surface area contributed by atoms with Crippen molar-refractivity contribution in [3.63, 3.8) is 0 Å². The molecule has 1 N–H and O–H groups in total. The third-order valence-corrected chi connectivity index (χ3v) is 6.61.